The van der Waals surface area contributed by atoms with Crippen LogP contribution in [-0.4, -0.2) is 19.2 Å². The summed E-state index contributed by atoms with van der Waals surface area (Å²) in [7, 11) is 0. The number of benzene rings is 1. The number of carbonyl (C=O) groups is 1. The van der Waals surface area contributed by atoms with Crippen molar-refractivity contribution in [1.29, 1.82) is 0 Å². The Balaban J connectivity index is 2.19. The number of ether oxygens (including phenoxy) is 2. The predicted molar refractivity (Wildman–Crippen MR) is 50.6 cm³/mol. The van der Waals surface area contributed by atoms with Crippen molar-refractivity contribution in [3.05, 3.63) is 35.4 Å². The van der Waals surface area contributed by atoms with E-state index < -0.39 is 23.2 Å². The monoisotopic (exact) mass is 228 g/mol. The zero-order chi connectivity index (χ0) is 11.8. The molecular weight excluding hydrogens is 218 g/mol. The fourth-order valence-electron chi connectivity index (χ4n) is 1.48. The van der Waals surface area contributed by atoms with Gasteiger partial charge in [-0.25, -0.2) is 8.78 Å². The van der Waals surface area contributed by atoms with Gasteiger partial charge in [-0.05, 0) is 6.07 Å². The van der Waals surface area contributed by atoms with Crippen LogP contribution in [0.25, 0.3) is 0 Å². The molecule has 1 aliphatic rings. The third kappa shape index (κ3) is 2.04. The van der Waals surface area contributed by atoms with Gasteiger partial charge in [-0.1, -0.05) is 6.07 Å². The highest BCUT2D eigenvalue weighted by molar-refractivity contribution is 5.66. The van der Waals surface area contributed by atoms with Gasteiger partial charge in [0.15, 0.2) is 5.60 Å². The molecule has 0 unspecified atom stereocenters. The van der Waals surface area contributed by atoms with Crippen LogP contribution in [0.5, 0.6) is 0 Å². The van der Waals surface area contributed by atoms with Crippen molar-refractivity contribution in [2.45, 2.75) is 12.5 Å². The molecule has 0 N–H and O–H groups in total. The molecule has 5 heteroatoms. The number of rotatable bonds is 3. The van der Waals surface area contributed by atoms with Crippen LogP contribution in [0.4, 0.5) is 8.78 Å². The van der Waals surface area contributed by atoms with Crippen LogP contribution >= 0.6 is 0 Å². The van der Waals surface area contributed by atoms with Gasteiger partial charge in [-0.2, -0.15) is 0 Å². The maximum Gasteiger partial charge on any atom is 0.302 e. The standard InChI is InChI=1S/C11H10F2O3/c1-7(14)15-5-11(6-16-11)9-3-2-8(12)4-10(9)13/h2-4H,5-6H2,1H3/t11-/m0/s1. The molecule has 1 aliphatic heterocycles. The lowest BCUT2D eigenvalue weighted by molar-refractivity contribution is -0.142. The van der Waals surface area contributed by atoms with Crippen molar-refractivity contribution in [2.24, 2.45) is 0 Å². The van der Waals surface area contributed by atoms with Crippen molar-refractivity contribution in [2.75, 3.05) is 13.2 Å². The minimum absolute atomic E-state index is 0.0507. The zero-order valence-corrected chi connectivity index (χ0v) is 8.63. The average Bonchev–Trinajstić information content (AvgIpc) is 2.96. The Morgan fingerprint density at radius 2 is 2.25 bits per heavy atom. The fraction of sp³-hybridized carbons (Fsp3) is 0.364. The molecular formula is C11H10F2O3. The topological polar surface area (TPSA) is 38.8 Å². The average molecular weight is 228 g/mol. The second-order valence-corrected chi connectivity index (χ2v) is 3.69. The Labute approximate surface area is 91.0 Å². The highest BCUT2D eigenvalue weighted by atomic mass is 19.1. The molecule has 0 aliphatic carbocycles. The smallest absolute Gasteiger partial charge is 0.302 e. The largest absolute Gasteiger partial charge is 0.462 e. The van der Waals surface area contributed by atoms with Crippen molar-refractivity contribution in [1.82, 2.24) is 0 Å². The molecule has 1 saturated heterocycles. The first-order valence-corrected chi connectivity index (χ1v) is 4.76. The quantitative estimate of drug-likeness (QED) is 0.584. The molecule has 0 spiro atoms. The lowest BCUT2D eigenvalue weighted by Crippen LogP contribution is -2.20. The normalized spacial score (nSPS) is 22.9. The summed E-state index contributed by atoms with van der Waals surface area (Å²) in [5.74, 6) is -1.80. The maximum absolute atomic E-state index is 13.5. The van der Waals surface area contributed by atoms with Crippen LogP contribution in [0.1, 0.15) is 12.5 Å². The van der Waals surface area contributed by atoms with E-state index in [4.69, 9.17) is 9.47 Å². The van der Waals surface area contributed by atoms with Gasteiger partial charge in [-0.3, -0.25) is 4.79 Å². The van der Waals surface area contributed by atoms with Crippen molar-refractivity contribution < 1.29 is 23.0 Å². The lowest BCUT2D eigenvalue weighted by Gasteiger charge is -2.12. The van der Waals surface area contributed by atoms with E-state index in [0.29, 0.717) is 0 Å². The Kier molecular flexibility index (Phi) is 2.63. The number of esters is 1. The van der Waals surface area contributed by atoms with E-state index >= 15 is 0 Å². The summed E-state index contributed by atoms with van der Waals surface area (Å²) in [6.07, 6.45) is 0. The van der Waals surface area contributed by atoms with Crippen LogP contribution in [0, 0.1) is 11.6 Å². The third-order valence-corrected chi connectivity index (χ3v) is 2.42. The minimum atomic E-state index is -0.927. The molecule has 16 heavy (non-hydrogen) atoms. The predicted octanol–water partition coefficient (Wildman–Crippen LogP) is 1.75. The summed E-state index contributed by atoms with van der Waals surface area (Å²) in [5, 5.41) is 0. The van der Waals surface area contributed by atoms with E-state index in [1.165, 1.54) is 13.0 Å². The Morgan fingerprint density at radius 3 is 2.75 bits per heavy atom. The highest BCUT2D eigenvalue weighted by Gasteiger charge is 2.49. The highest BCUT2D eigenvalue weighted by Crippen LogP contribution is 2.40. The SMILES string of the molecule is CC(=O)OC[C@@]1(c2ccc(F)cc2F)CO1. The van der Waals surface area contributed by atoms with E-state index in [1.54, 1.807) is 0 Å². The van der Waals surface area contributed by atoms with Crippen LogP contribution in [0.15, 0.2) is 18.2 Å². The number of epoxide rings is 1. The third-order valence-electron chi connectivity index (χ3n) is 2.42. The molecule has 1 heterocycles. The molecule has 0 amide bonds. The zero-order valence-electron chi connectivity index (χ0n) is 8.63. The van der Waals surface area contributed by atoms with Gasteiger partial charge >= 0.3 is 5.97 Å². The summed E-state index contributed by atoms with van der Waals surface area (Å²) >= 11 is 0. The number of carbonyl (C=O) groups excluding carboxylic acids is 1. The van der Waals surface area contributed by atoms with Gasteiger partial charge in [0.25, 0.3) is 0 Å². The molecule has 1 aromatic carbocycles. The second-order valence-electron chi connectivity index (χ2n) is 3.69. The summed E-state index contributed by atoms with van der Waals surface area (Å²) in [6, 6.07) is 3.24. The molecule has 0 aromatic heterocycles. The molecule has 86 valence electrons. The van der Waals surface area contributed by atoms with E-state index in [1.807, 2.05) is 0 Å². The summed E-state index contributed by atoms with van der Waals surface area (Å²) in [5.41, 5.74) is -0.709. The van der Waals surface area contributed by atoms with Crippen molar-refractivity contribution in [3.63, 3.8) is 0 Å². The molecule has 1 atom stereocenters. The van der Waals surface area contributed by atoms with Crippen LogP contribution < -0.4 is 0 Å². The van der Waals surface area contributed by atoms with Gasteiger partial charge in [0.05, 0.1) is 6.61 Å². The molecule has 0 radical (unpaired) electrons. The second kappa shape index (κ2) is 3.83. The van der Waals surface area contributed by atoms with E-state index in [-0.39, 0.29) is 18.8 Å². The molecule has 1 aromatic rings. The Morgan fingerprint density at radius 1 is 1.56 bits per heavy atom. The summed E-state index contributed by atoms with van der Waals surface area (Å²) < 4.78 is 36.1. The van der Waals surface area contributed by atoms with E-state index in [2.05, 4.69) is 0 Å². The molecule has 2 rings (SSSR count). The van der Waals surface area contributed by atoms with Crippen molar-refractivity contribution in [3.8, 4) is 0 Å². The van der Waals surface area contributed by atoms with Crippen LogP contribution in [-0.2, 0) is 19.9 Å². The van der Waals surface area contributed by atoms with Crippen LogP contribution in [0.3, 0.4) is 0 Å². The molecule has 0 saturated carbocycles. The molecule has 0 bridgehead atoms. The maximum atomic E-state index is 13.5. The van der Waals surface area contributed by atoms with E-state index in [0.717, 1.165) is 12.1 Å². The van der Waals surface area contributed by atoms with E-state index in [9.17, 15) is 13.6 Å². The van der Waals surface area contributed by atoms with Crippen molar-refractivity contribution >= 4 is 5.97 Å². The molecule has 3 nitrogen and oxygen atoms in total. The minimum Gasteiger partial charge on any atom is -0.462 e. The fourth-order valence-corrected chi connectivity index (χ4v) is 1.48. The first-order valence-electron chi connectivity index (χ1n) is 4.76. The lowest BCUT2D eigenvalue weighted by atomic mass is 10.0. The summed E-state index contributed by atoms with van der Waals surface area (Å²) in [6.45, 7) is 1.48. The van der Waals surface area contributed by atoms with Gasteiger partial charge in [-0.15, -0.1) is 0 Å². The summed E-state index contributed by atoms with van der Waals surface area (Å²) in [4.78, 5) is 10.7. The number of hydrogen-bond donors (Lipinski definition) is 0. The van der Waals surface area contributed by atoms with Crippen LogP contribution in [0.2, 0.25) is 0 Å². The van der Waals surface area contributed by atoms with Gasteiger partial charge in [0.1, 0.15) is 18.2 Å². The number of halogens is 2. The Bertz CT molecular complexity index is 427. The van der Waals surface area contributed by atoms with Gasteiger partial charge in [0, 0.05) is 18.6 Å². The first kappa shape index (κ1) is 11.0. The van der Waals surface area contributed by atoms with Gasteiger partial charge < -0.3 is 9.47 Å². The molecule has 1 fully saturated rings. The number of hydrogen-bond acceptors (Lipinski definition) is 3. The first-order chi connectivity index (χ1) is 7.53. The van der Waals surface area contributed by atoms with Gasteiger partial charge in [0.2, 0.25) is 0 Å². The Hall–Kier alpha value is -1.49.